The quantitative estimate of drug-likeness (QED) is 0.369. The summed E-state index contributed by atoms with van der Waals surface area (Å²) >= 11 is 29.0. The maximum Gasteiger partial charge on any atom is 0.417 e. The van der Waals surface area contributed by atoms with Gasteiger partial charge in [0.05, 0.1) is 41.8 Å². The maximum atomic E-state index is 12.7. The first-order valence-corrected chi connectivity index (χ1v) is 8.52. The number of hydrogen-bond acceptors (Lipinski definition) is 2. The third-order valence-corrected chi connectivity index (χ3v) is 5.36. The van der Waals surface area contributed by atoms with Crippen LogP contribution in [0.15, 0.2) is 18.2 Å². The van der Waals surface area contributed by atoms with Gasteiger partial charge in [-0.2, -0.15) is 13.2 Å². The summed E-state index contributed by atoms with van der Waals surface area (Å²) < 4.78 is 38.2. The zero-order chi connectivity index (χ0) is 20.7. The molecule has 2 aromatic rings. The lowest BCUT2D eigenvalue weighted by molar-refractivity contribution is -0.137. The van der Waals surface area contributed by atoms with Crippen LogP contribution in [0.5, 0.6) is 0 Å². The van der Waals surface area contributed by atoms with Crippen LogP contribution in [0, 0.1) is 0 Å². The van der Waals surface area contributed by atoms with Crippen molar-refractivity contribution in [1.82, 2.24) is 0 Å². The summed E-state index contributed by atoms with van der Waals surface area (Å²) in [6.07, 6.45) is -4.68. The van der Waals surface area contributed by atoms with Gasteiger partial charge < -0.3 is 10.4 Å². The summed E-state index contributed by atoms with van der Waals surface area (Å²) in [6.45, 7) is 0. The molecule has 2 aromatic carbocycles. The van der Waals surface area contributed by atoms with Gasteiger partial charge in [-0.1, -0.05) is 58.0 Å². The van der Waals surface area contributed by atoms with Gasteiger partial charge in [-0.15, -0.1) is 0 Å². The number of carboxylic acids is 1. The minimum absolute atomic E-state index is 0.146. The Balaban J connectivity index is 2.51. The Bertz CT molecular complexity index is 963. The van der Waals surface area contributed by atoms with Crippen molar-refractivity contribution in [2.75, 3.05) is 5.32 Å². The fourth-order valence-electron chi connectivity index (χ4n) is 2.06. The molecule has 27 heavy (non-hydrogen) atoms. The van der Waals surface area contributed by atoms with E-state index >= 15 is 0 Å². The van der Waals surface area contributed by atoms with Gasteiger partial charge in [-0.25, -0.2) is 4.79 Å². The van der Waals surface area contributed by atoms with Gasteiger partial charge in [0.15, 0.2) is 0 Å². The van der Waals surface area contributed by atoms with Crippen molar-refractivity contribution in [2.24, 2.45) is 0 Å². The molecule has 0 fully saturated rings. The van der Waals surface area contributed by atoms with E-state index in [1.54, 1.807) is 0 Å². The lowest BCUT2D eigenvalue weighted by Crippen LogP contribution is -2.18. The Morgan fingerprint density at radius 1 is 0.889 bits per heavy atom. The molecular formula is C15H5Cl5F3NO3. The normalized spacial score (nSPS) is 11.4. The number of amides is 1. The second-order valence-electron chi connectivity index (χ2n) is 4.96. The number of anilines is 1. The minimum atomic E-state index is -4.68. The third-order valence-electron chi connectivity index (χ3n) is 3.24. The van der Waals surface area contributed by atoms with Crippen molar-refractivity contribution >= 4 is 75.6 Å². The van der Waals surface area contributed by atoms with Crippen LogP contribution >= 0.6 is 58.0 Å². The predicted molar refractivity (Wildman–Crippen MR) is 97.8 cm³/mol. The Morgan fingerprint density at radius 2 is 1.41 bits per heavy atom. The summed E-state index contributed by atoms with van der Waals surface area (Å²) in [6, 6.07) is 2.43. The average Bonchev–Trinajstić information content (AvgIpc) is 2.54. The van der Waals surface area contributed by atoms with E-state index in [4.69, 9.17) is 58.0 Å². The molecule has 2 rings (SSSR count). The lowest BCUT2D eigenvalue weighted by atomic mass is 10.1. The van der Waals surface area contributed by atoms with Crippen molar-refractivity contribution < 1.29 is 27.9 Å². The zero-order valence-electron chi connectivity index (χ0n) is 12.5. The van der Waals surface area contributed by atoms with E-state index in [1.165, 1.54) is 0 Å². The zero-order valence-corrected chi connectivity index (χ0v) is 16.3. The molecule has 0 unspecified atom stereocenters. The van der Waals surface area contributed by atoms with Gasteiger partial charge in [0.2, 0.25) is 0 Å². The number of rotatable bonds is 3. The molecule has 0 aliphatic carbocycles. The highest BCUT2D eigenvalue weighted by Gasteiger charge is 2.33. The largest absolute Gasteiger partial charge is 0.478 e. The van der Waals surface area contributed by atoms with E-state index < -0.39 is 49.8 Å². The van der Waals surface area contributed by atoms with E-state index in [9.17, 15) is 27.9 Å². The van der Waals surface area contributed by atoms with Crippen molar-refractivity contribution in [3.05, 3.63) is 60.0 Å². The number of carbonyl (C=O) groups excluding carboxylic acids is 1. The standard InChI is InChI=1S/C15H5Cl5F3NO3/c16-6-3-4(1-2-5(6)15(21,22)23)24-13(25)7-8(14(26)27)10(18)12(20)11(19)9(7)17/h1-3H,(H,24,25)(H,26,27). The lowest BCUT2D eigenvalue weighted by Gasteiger charge is -2.15. The second kappa shape index (κ2) is 7.93. The van der Waals surface area contributed by atoms with Crippen LogP contribution in [-0.4, -0.2) is 17.0 Å². The smallest absolute Gasteiger partial charge is 0.417 e. The summed E-state index contributed by atoms with van der Waals surface area (Å²) in [5.74, 6) is -2.70. The monoisotopic (exact) mass is 479 g/mol. The van der Waals surface area contributed by atoms with Gasteiger partial charge in [0.1, 0.15) is 0 Å². The highest BCUT2D eigenvalue weighted by molar-refractivity contribution is 6.54. The fourth-order valence-corrected chi connectivity index (χ4v) is 3.37. The summed E-state index contributed by atoms with van der Waals surface area (Å²) in [5.41, 5.74) is -2.58. The Kier molecular flexibility index (Phi) is 6.44. The molecule has 0 aliphatic heterocycles. The number of hydrogen-bond donors (Lipinski definition) is 2. The van der Waals surface area contributed by atoms with Gasteiger partial charge in [-0.05, 0) is 18.2 Å². The maximum absolute atomic E-state index is 12.7. The molecular weight excluding hydrogens is 476 g/mol. The van der Waals surface area contributed by atoms with E-state index in [1.807, 2.05) is 0 Å². The van der Waals surface area contributed by atoms with Crippen LogP contribution in [0.25, 0.3) is 0 Å². The molecule has 0 aliphatic rings. The first-order valence-electron chi connectivity index (χ1n) is 6.63. The first kappa shape index (κ1) is 21.9. The van der Waals surface area contributed by atoms with E-state index in [0.717, 1.165) is 12.1 Å². The number of nitrogens with one attached hydrogen (secondary N) is 1. The number of carbonyl (C=O) groups is 2. The minimum Gasteiger partial charge on any atom is -0.478 e. The SMILES string of the molecule is O=C(O)c1c(Cl)c(Cl)c(Cl)c(Cl)c1C(=O)Nc1ccc(C(F)(F)F)c(Cl)c1. The molecule has 0 heterocycles. The fraction of sp³-hybridized carbons (Fsp3) is 0.0667. The molecule has 0 bridgehead atoms. The number of aromatic carboxylic acids is 1. The highest BCUT2D eigenvalue weighted by atomic mass is 35.5. The van der Waals surface area contributed by atoms with Crippen LogP contribution < -0.4 is 5.32 Å². The molecule has 4 nitrogen and oxygen atoms in total. The number of benzene rings is 2. The third kappa shape index (κ3) is 4.38. The predicted octanol–water partition coefficient (Wildman–Crippen LogP) is 6.92. The molecule has 2 N–H and O–H groups in total. The highest BCUT2D eigenvalue weighted by Crippen LogP contribution is 2.42. The molecule has 12 heteroatoms. The van der Waals surface area contributed by atoms with Gasteiger partial charge >= 0.3 is 12.1 Å². The van der Waals surface area contributed by atoms with Crippen molar-refractivity contribution in [1.29, 1.82) is 0 Å². The number of carboxylic acid groups (broad SMARTS) is 1. The van der Waals surface area contributed by atoms with E-state index in [-0.39, 0.29) is 15.7 Å². The van der Waals surface area contributed by atoms with Gasteiger partial charge in [-0.3, -0.25) is 4.79 Å². The average molecular weight is 481 g/mol. The van der Waals surface area contributed by atoms with Gasteiger partial charge in [0.25, 0.3) is 5.91 Å². The topological polar surface area (TPSA) is 66.4 Å². The molecule has 1 amide bonds. The van der Waals surface area contributed by atoms with Crippen molar-refractivity contribution in [3.63, 3.8) is 0 Å². The van der Waals surface area contributed by atoms with Crippen LogP contribution in [-0.2, 0) is 6.18 Å². The second-order valence-corrected chi connectivity index (χ2v) is 6.88. The van der Waals surface area contributed by atoms with E-state index in [0.29, 0.717) is 6.07 Å². The summed E-state index contributed by atoms with van der Waals surface area (Å²) in [7, 11) is 0. The molecule has 0 spiro atoms. The molecule has 0 aromatic heterocycles. The summed E-state index contributed by atoms with van der Waals surface area (Å²) in [4.78, 5) is 23.9. The van der Waals surface area contributed by atoms with Crippen molar-refractivity contribution in [3.8, 4) is 0 Å². The van der Waals surface area contributed by atoms with Gasteiger partial charge in [0, 0.05) is 5.69 Å². The summed E-state index contributed by atoms with van der Waals surface area (Å²) in [5, 5.41) is 9.09. The van der Waals surface area contributed by atoms with Crippen LogP contribution in [0.4, 0.5) is 18.9 Å². The Labute approximate surface area is 174 Å². The molecule has 0 saturated heterocycles. The van der Waals surface area contributed by atoms with Crippen LogP contribution in [0.2, 0.25) is 25.1 Å². The van der Waals surface area contributed by atoms with E-state index in [2.05, 4.69) is 5.32 Å². The Hall–Kier alpha value is -1.38. The molecule has 144 valence electrons. The molecule has 0 atom stereocenters. The van der Waals surface area contributed by atoms with Crippen molar-refractivity contribution in [2.45, 2.75) is 6.18 Å². The number of alkyl halides is 3. The van der Waals surface area contributed by atoms with Crippen LogP contribution in [0.1, 0.15) is 26.3 Å². The molecule has 0 radical (unpaired) electrons. The molecule has 0 saturated carbocycles. The van der Waals surface area contributed by atoms with Crippen LogP contribution in [0.3, 0.4) is 0 Å². The first-order chi connectivity index (χ1) is 12.4. The Morgan fingerprint density at radius 3 is 1.85 bits per heavy atom. The number of halogens is 8.